The summed E-state index contributed by atoms with van der Waals surface area (Å²) in [6.07, 6.45) is 4.22. The molecule has 1 aliphatic carbocycles. The molecule has 1 aromatic carbocycles. The van der Waals surface area contributed by atoms with Gasteiger partial charge in [0.1, 0.15) is 0 Å². The van der Waals surface area contributed by atoms with Crippen molar-refractivity contribution < 1.29 is 4.79 Å². The van der Waals surface area contributed by atoms with Crippen LogP contribution in [0.25, 0.3) is 0 Å². The Morgan fingerprint density at radius 1 is 1.35 bits per heavy atom. The Labute approximate surface area is 118 Å². The molecule has 4 nitrogen and oxygen atoms in total. The maximum Gasteiger partial charge on any atom is 0.227 e. The third kappa shape index (κ3) is 2.33. The third-order valence-corrected chi connectivity index (χ3v) is 4.09. The maximum absolute atomic E-state index is 12.5. The van der Waals surface area contributed by atoms with Crippen molar-refractivity contribution in [1.82, 2.24) is 9.97 Å². The fourth-order valence-corrected chi connectivity index (χ4v) is 2.86. The molecule has 2 N–H and O–H groups in total. The quantitative estimate of drug-likeness (QED) is 0.880. The summed E-state index contributed by atoms with van der Waals surface area (Å²) < 4.78 is 0. The second-order valence-corrected chi connectivity index (χ2v) is 5.52. The van der Waals surface area contributed by atoms with Crippen LogP contribution < -0.4 is 5.32 Å². The number of carbonyl (C=O) groups is 1. The number of aromatic amines is 1. The number of imidazole rings is 1. The number of H-pyrrole nitrogens is 1. The molecule has 3 rings (SSSR count). The topological polar surface area (TPSA) is 57.8 Å². The smallest absolute Gasteiger partial charge is 0.227 e. The highest BCUT2D eigenvalue weighted by atomic mass is 16.1. The van der Waals surface area contributed by atoms with E-state index in [9.17, 15) is 4.79 Å². The predicted molar refractivity (Wildman–Crippen MR) is 78.6 cm³/mol. The molecule has 1 atom stereocenters. The second kappa shape index (κ2) is 5.12. The van der Waals surface area contributed by atoms with E-state index in [0.29, 0.717) is 0 Å². The fourth-order valence-electron chi connectivity index (χ4n) is 2.86. The van der Waals surface area contributed by atoms with Gasteiger partial charge in [-0.25, -0.2) is 4.98 Å². The van der Waals surface area contributed by atoms with E-state index < -0.39 is 0 Å². The molecular formula is C16H19N3O. The van der Waals surface area contributed by atoms with Crippen molar-refractivity contribution in [1.29, 1.82) is 0 Å². The van der Waals surface area contributed by atoms with Gasteiger partial charge >= 0.3 is 0 Å². The zero-order valence-corrected chi connectivity index (χ0v) is 11.9. The Balaban J connectivity index is 1.75. The van der Waals surface area contributed by atoms with E-state index in [2.05, 4.69) is 15.3 Å². The summed E-state index contributed by atoms with van der Waals surface area (Å²) in [4.78, 5) is 19.9. The monoisotopic (exact) mass is 269 g/mol. The Morgan fingerprint density at radius 3 is 2.85 bits per heavy atom. The van der Waals surface area contributed by atoms with Gasteiger partial charge in [-0.1, -0.05) is 18.2 Å². The minimum Gasteiger partial charge on any atom is -0.348 e. The lowest BCUT2D eigenvalue weighted by Gasteiger charge is -2.21. The Kier molecular flexibility index (Phi) is 3.30. The van der Waals surface area contributed by atoms with Crippen molar-refractivity contribution in [3.05, 3.63) is 47.0 Å². The van der Waals surface area contributed by atoms with E-state index in [1.165, 1.54) is 0 Å². The number of anilines is 1. The van der Waals surface area contributed by atoms with E-state index in [4.69, 9.17) is 0 Å². The molecule has 2 aromatic rings. The number of aromatic nitrogens is 2. The lowest BCUT2D eigenvalue weighted by molar-refractivity contribution is -0.120. The van der Waals surface area contributed by atoms with Crippen molar-refractivity contribution >= 4 is 11.6 Å². The molecule has 1 heterocycles. The van der Waals surface area contributed by atoms with Crippen molar-refractivity contribution in [2.75, 3.05) is 5.32 Å². The summed E-state index contributed by atoms with van der Waals surface area (Å²) in [5.74, 6) is 0.143. The number of rotatable bonds is 2. The maximum atomic E-state index is 12.5. The molecule has 20 heavy (non-hydrogen) atoms. The number of nitrogens with zero attached hydrogens (tertiary/aromatic N) is 1. The minimum absolute atomic E-state index is 0.0296. The lowest BCUT2D eigenvalue weighted by Crippen LogP contribution is -2.28. The van der Waals surface area contributed by atoms with E-state index in [-0.39, 0.29) is 11.8 Å². The van der Waals surface area contributed by atoms with Gasteiger partial charge in [0.25, 0.3) is 0 Å². The molecule has 104 valence electrons. The first-order chi connectivity index (χ1) is 9.65. The third-order valence-electron chi connectivity index (χ3n) is 4.09. The number of para-hydroxylation sites is 1. The molecule has 1 aromatic heterocycles. The first-order valence-corrected chi connectivity index (χ1v) is 7.03. The van der Waals surface area contributed by atoms with Crippen LogP contribution in [0.15, 0.2) is 24.5 Å². The van der Waals surface area contributed by atoms with Crippen LogP contribution in [0, 0.1) is 19.8 Å². The van der Waals surface area contributed by atoms with Crippen LogP contribution >= 0.6 is 0 Å². The number of nitrogens with one attached hydrogen (secondary N) is 2. The van der Waals surface area contributed by atoms with Crippen LogP contribution in [0.4, 0.5) is 5.69 Å². The van der Waals surface area contributed by atoms with Crippen LogP contribution in [0.2, 0.25) is 0 Å². The van der Waals surface area contributed by atoms with Gasteiger partial charge in [-0.3, -0.25) is 4.79 Å². The van der Waals surface area contributed by atoms with Gasteiger partial charge in [-0.05, 0) is 37.8 Å². The number of hydrogen-bond acceptors (Lipinski definition) is 2. The summed E-state index contributed by atoms with van der Waals surface area (Å²) in [5.41, 5.74) is 5.39. The van der Waals surface area contributed by atoms with Crippen molar-refractivity contribution in [3.63, 3.8) is 0 Å². The predicted octanol–water partition coefficient (Wildman–Crippen LogP) is 2.77. The molecule has 0 spiro atoms. The molecule has 0 saturated carbocycles. The van der Waals surface area contributed by atoms with E-state index in [0.717, 1.165) is 47.5 Å². The molecule has 1 aliphatic rings. The van der Waals surface area contributed by atoms with E-state index in [1.807, 2.05) is 32.0 Å². The molecule has 0 fully saturated rings. The number of amides is 1. The van der Waals surface area contributed by atoms with Crippen LogP contribution in [0.5, 0.6) is 0 Å². The zero-order chi connectivity index (χ0) is 14.1. The summed E-state index contributed by atoms with van der Waals surface area (Å²) in [5, 5.41) is 3.10. The minimum atomic E-state index is 0.0296. The van der Waals surface area contributed by atoms with E-state index >= 15 is 0 Å². The van der Waals surface area contributed by atoms with Crippen molar-refractivity contribution in [3.8, 4) is 0 Å². The van der Waals surface area contributed by atoms with Gasteiger partial charge < -0.3 is 10.3 Å². The Bertz CT molecular complexity index is 625. The van der Waals surface area contributed by atoms with Gasteiger partial charge in [0.05, 0.1) is 12.0 Å². The van der Waals surface area contributed by atoms with Gasteiger partial charge in [0.15, 0.2) is 0 Å². The van der Waals surface area contributed by atoms with Gasteiger partial charge in [-0.15, -0.1) is 0 Å². The van der Waals surface area contributed by atoms with Crippen molar-refractivity contribution in [2.45, 2.75) is 33.1 Å². The number of carbonyl (C=O) groups excluding carboxylic acids is 1. The average Bonchev–Trinajstić information content (AvgIpc) is 2.90. The highest BCUT2D eigenvalue weighted by Gasteiger charge is 2.26. The summed E-state index contributed by atoms with van der Waals surface area (Å²) in [6.45, 7) is 4.05. The van der Waals surface area contributed by atoms with Gasteiger partial charge in [0, 0.05) is 23.7 Å². The molecule has 4 heteroatoms. The normalized spacial score (nSPS) is 17.6. The number of hydrogen-bond donors (Lipinski definition) is 2. The molecule has 1 unspecified atom stereocenters. The first kappa shape index (κ1) is 12.9. The zero-order valence-electron chi connectivity index (χ0n) is 11.9. The molecule has 0 bridgehead atoms. The fraction of sp³-hybridized carbons (Fsp3) is 0.375. The summed E-state index contributed by atoms with van der Waals surface area (Å²) in [7, 11) is 0. The summed E-state index contributed by atoms with van der Waals surface area (Å²) in [6, 6.07) is 6.06. The molecule has 0 aliphatic heterocycles. The van der Waals surface area contributed by atoms with Gasteiger partial charge in [-0.2, -0.15) is 0 Å². The van der Waals surface area contributed by atoms with E-state index in [1.54, 1.807) is 6.33 Å². The van der Waals surface area contributed by atoms with Gasteiger partial charge in [0.2, 0.25) is 5.91 Å². The van der Waals surface area contributed by atoms with Crippen LogP contribution in [0.1, 0.15) is 28.9 Å². The SMILES string of the molecule is Cc1cccc(C)c1NC(=O)C1CCc2nc[nH]c2C1. The Hall–Kier alpha value is -2.10. The number of fused-ring (bicyclic) bond motifs is 1. The van der Waals surface area contributed by atoms with Crippen LogP contribution in [-0.4, -0.2) is 15.9 Å². The molecule has 0 saturated heterocycles. The molecule has 0 radical (unpaired) electrons. The van der Waals surface area contributed by atoms with Crippen LogP contribution in [0.3, 0.4) is 0 Å². The lowest BCUT2D eigenvalue weighted by atomic mass is 9.89. The number of benzene rings is 1. The first-order valence-electron chi connectivity index (χ1n) is 7.03. The summed E-state index contributed by atoms with van der Waals surface area (Å²) >= 11 is 0. The highest BCUT2D eigenvalue weighted by Crippen LogP contribution is 2.26. The standard InChI is InChI=1S/C16H19N3O/c1-10-4-3-5-11(2)15(10)19-16(20)12-6-7-13-14(8-12)18-9-17-13/h3-5,9,12H,6-8H2,1-2H3,(H,17,18)(H,19,20). The second-order valence-electron chi connectivity index (χ2n) is 5.52. The number of aryl methyl sites for hydroxylation is 3. The van der Waals surface area contributed by atoms with Crippen molar-refractivity contribution in [2.24, 2.45) is 5.92 Å². The molecule has 1 amide bonds. The Morgan fingerprint density at radius 2 is 2.10 bits per heavy atom. The highest BCUT2D eigenvalue weighted by molar-refractivity contribution is 5.94. The van der Waals surface area contributed by atoms with Crippen LogP contribution in [-0.2, 0) is 17.6 Å². The largest absolute Gasteiger partial charge is 0.348 e. The molecular weight excluding hydrogens is 250 g/mol. The average molecular weight is 269 g/mol.